The van der Waals surface area contributed by atoms with Gasteiger partial charge in [0.15, 0.2) is 5.78 Å². The van der Waals surface area contributed by atoms with Gasteiger partial charge >= 0.3 is 0 Å². The molecule has 2 heteroatoms. The van der Waals surface area contributed by atoms with Gasteiger partial charge in [0.05, 0.1) is 6.10 Å². The van der Waals surface area contributed by atoms with Crippen LogP contribution in [0.15, 0.2) is 24.3 Å². The van der Waals surface area contributed by atoms with E-state index in [-0.39, 0.29) is 11.9 Å². The third kappa shape index (κ3) is 2.42. The zero-order chi connectivity index (χ0) is 10.6. The van der Waals surface area contributed by atoms with Crippen molar-refractivity contribution in [3.8, 4) is 0 Å². The Labute approximate surface area is 84.9 Å². The molecule has 1 rings (SSSR count). The summed E-state index contributed by atoms with van der Waals surface area (Å²) >= 11 is 0. The van der Waals surface area contributed by atoms with Crippen molar-refractivity contribution in [3.05, 3.63) is 35.4 Å². The van der Waals surface area contributed by atoms with Gasteiger partial charge in [0.2, 0.25) is 0 Å². The average molecular weight is 192 g/mol. The molecule has 0 N–H and O–H groups in total. The standard InChI is InChI=1S/C12H16O2/c1-4-12(14-3)11-7-5-10(6-8-11)9(2)13/h5-8,12H,4H2,1-3H3. The number of Topliss-reactive ketones (excluding diaryl/α,β-unsaturated/α-hetero) is 1. The Bertz CT molecular complexity index is 297. The van der Waals surface area contributed by atoms with E-state index in [1.165, 1.54) is 0 Å². The molecule has 0 amide bonds. The summed E-state index contributed by atoms with van der Waals surface area (Å²) in [5.41, 5.74) is 1.87. The molecule has 0 saturated carbocycles. The monoisotopic (exact) mass is 192 g/mol. The first-order chi connectivity index (χ1) is 6.69. The highest BCUT2D eigenvalue weighted by atomic mass is 16.5. The van der Waals surface area contributed by atoms with E-state index in [4.69, 9.17) is 4.74 Å². The summed E-state index contributed by atoms with van der Waals surface area (Å²) < 4.78 is 5.30. The van der Waals surface area contributed by atoms with Crippen molar-refractivity contribution in [3.63, 3.8) is 0 Å². The van der Waals surface area contributed by atoms with Crippen LogP contribution >= 0.6 is 0 Å². The van der Waals surface area contributed by atoms with E-state index in [0.717, 1.165) is 17.5 Å². The summed E-state index contributed by atoms with van der Waals surface area (Å²) in [5, 5.41) is 0. The molecule has 0 aliphatic carbocycles. The van der Waals surface area contributed by atoms with E-state index in [0.29, 0.717) is 0 Å². The minimum absolute atomic E-state index is 0.0991. The van der Waals surface area contributed by atoms with E-state index >= 15 is 0 Å². The molecule has 0 aliphatic heterocycles. The Morgan fingerprint density at radius 3 is 2.29 bits per heavy atom. The van der Waals surface area contributed by atoms with Crippen LogP contribution in [0.4, 0.5) is 0 Å². The summed E-state index contributed by atoms with van der Waals surface area (Å²) in [6.07, 6.45) is 1.08. The second-order valence-electron chi connectivity index (χ2n) is 3.31. The molecule has 0 aliphatic rings. The molecule has 2 nitrogen and oxygen atoms in total. The summed E-state index contributed by atoms with van der Waals surface area (Å²) in [6.45, 7) is 3.65. The lowest BCUT2D eigenvalue weighted by atomic mass is 10.0. The number of rotatable bonds is 4. The number of carbonyl (C=O) groups is 1. The SMILES string of the molecule is CCC(OC)c1ccc(C(C)=O)cc1. The quantitative estimate of drug-likeness (QED) is 0.685. The van der Waals surface area contributed by atoms with Crippen LogP contribution < -0.4 is 0 Å². The van der Waals surface area contributed by atoms with Crippen molar-refractivity contribution >= 4 is 5.78 Å². The first-order valence-electron chi connectivity index (χ1n) is 4.82. The molecule has 1 aromatic rings. The van der Waals surface area contributed by atoms with Gasteiger partial charge in [-0.05, 0) is 18.9 Å². The van der Waals surface area contributed by atoms with Crippen molar-refractivity contribution in [2.45, 2.75) is 26.4 Å². The van der Waals surface area contributed by atoms with Crippen LogP contribution in [0.3, 0.4) is 0 Å². The fourth-order valence-electron chi connectivity index (χ4n) is 1.47. The fraction of sp³-hybridized carbons (Fsp3) is 0.417. The summed E-state index contributed by atoms with van der Waals surface area (Å²) in [7, 11) is 1.70. The molecule has 0 saturated heterocycles. The highest BCUT2D eigenvalue weighted by Gasteiger charge is 2.07. The highest BCUT2D eigenvalue weighted by molar-refractivity contribution is 5.94. The first kappa shape index (κ1) is 10.9. The van der Waals surface area contributed by atoms with Crippen LogP contribution in [0.25, 0.3) is 0 Å². The van der Waals surface area contributed by atoms with Crippen LogP contribution in [0.2, 0.25) is 0 Å². The average Bonchev–Trinajstić information content (AvgIpc) is 2.20. The number of hydrogen-bond donors (Lipinski definition) is 0. The van der Waals surface area contributed by atoms with Crippen molar-refractivity contribution in [1.29, 1.82) is 0 Å². The molecule has 0 radical (unpaired) electrons. The van der Waals surface area contributed by atoms with E-state index in [2.05, 4.69) is 6.92 Å². The molecule has 0 heterocycles. The Hall–Kier alpha value is -1.15. The smallest absolute Gasteiger partial charge is 0.159 e. The summed E-state index contributed by atoms with van der Waals surface area (Å²) in [4.78, 5) is 11.0. The molecule has 0 fully saturated rings. The normalized spacial score (nSPS) is 12.5. The largest absolute Gasteiger partial charge is 0.377 e. The molecule has 1 unspecified atom stereocenters. The Kier molecular flexibility index (Phi) is 3.84. The van der Waals surface area contributed by atoms with Gasteiger partial charge in [0.25, 0.3) is 0 Å². The van der Waals surface area contributed by atoms with E-state index in [1.807, 2.05) is 24.3 Å². The maximum absolute atomic E-state index is 11.0. The van der Waals surface area contributed by atoms with Crippen LogP contribution in [0.1, 0.15) is 42.3 Å². The van der Waals surface area contributed by atoms with E-state index in [1.54, 1.807) is 14.0 Å². The third-order valence-corrected chi connectivity index (χ3v) is 2.34. The molecule has 1 aromatic carbocycles. The number of ether oxygens (including phenoxy) is 1. The summed E-state index contributed by atoms with van der Waals surface area (Å²) in [5.74, 6) is 0.0991. The van der Waals surface area contributed by atoms with Gasteiger partial charge in [-0.2, -0.15) is 0 Å². The molecular weight excluding hydrogens is 176 g/mol. The number of methoxy groups -OCH3 is 1. The second kappa shape index (κ2) is 4.91. The van der Waals surface area contributed by atoms with Gasteiger partial charge in [-0.1, -0.05) is 31.2 Å². The molecular formula is C12H16O2. The molecule has 0 bridgehead atoms. The Morgan fingerprint density at radius 1 is 1.36 bits per heavy atom. The number of hydrogen-bond acceptors (Lipinski definition) is 2. The second-order valence-corrected chi connectivity index (χ2v) is 3.31. The van der Waals surface area contributed by atoms with Gasteiger partial charge in [-0.25, -0.2) is 0 Å². The number of ketones is 1. The van der Waals surface area contributed by atoms with E-state index in [9.17, 15) is 4.79 Å². The highest BCUT2D eigenvalue weighted by Crippen LogP contribution is 2.20. The number of carbonyl (C=O) groups excluding carboxylic acids is 1. The van der Waals surface area contributed by atoms with Crippen molar-refractivity contribution in [2.24, 2.45) is 0 Å². The first-order valence-corrected chi connectivity index (χ1v) is 4.82. The molecule has 76 valence electrons. The van der Waals surface area contributed by atoms with Crippen molar-refractivity contribution < 1.29 is 9.53 Å². The lowest BCUT2D eigenvalue weighted by Gasteiger charge is -2.13. The zero-order valence-electron chi connectivity index (χ0n) is 8.91. The van der Waals surface area contributed by atoms with Crippen LogP contribution in [0, 0.1) is 0 Å². The van der Waals surface area contributed by atoms with E-state index < -0.39 is 0 Å². The third-order valence-electron chi connectivity index (χ3n) is 2.34. The van der Waals surface area contributed by atoms with Gasteiger partial charge in [-0.15, -0.1) is 0 Å². The van der Waals surface area contributed by atoms with Crippen LogP contribution in [-0.2, 0) is 4.74 Å². The van der Waals surface area contributed by atoms with Gasteiger partial charge in [-0.3, -0.25) is 4.79 Å². The Balaban J connectivity index is 2.87. The summed E-state index contributed by atoms with van der Waals surface area (Å²) in [6, 6.07) is 7.60. The maximum atomic E-state index is 11.0. The van der Waals surface area contributed by atoms with Gasteiger partial charge in [0.1, 0.15) is 0 Å². The van der Waals surface area contributed by atoms with Crippen LogP contribution in [-0.4, -0.2) is 12.9 Å². The van der Waals surface area contributed by atoms with Gasteiger partial charge < -0.3 is 4.74 Å². The van der Waals surface area contributed by atoms with Crippen LogP contribution in [0.5, 0.6) is 0 Å². The Morgan fingerprint density at radius 2 is 1.93 bits per heavy atom. The van der Waals surface area contributed by atoms with Crippen molar-refractivity contribution in [2.75, 3.05) is 7.11 Å². The molecule has 0 spiro atoms. The minimum atomic E-state index is 0.0991. The molecule has 0 aromatic heterocycles. The minimum Gasteiger partial charge on any atom is -0.377 e. The van der Waals surface area contributed by atoms with Crippen molar-refractivity contribution in [1.82, 2.24) is 0 Å². The predicted molar refractivity (Wildman–Crippen MR) is 56.5 cm³/mol. The fourth-order valence-corrected chi connectivity index (χ4v) is 1.47. The molecule has 1 atom stereocenters. The zero-order valence-corrected chi connectivity index (χ0v) is 8.91. The lowest BCUT2D eigenvalue weighted by molar-refractivity contribution is 0.0993. The van der Waals surface area contributed by atoms with Gasteiger partial charge in [0, 0.05) is 12.7 Å². The maximum Gasteiger partial charge on any atom is 0.159 e. The topological polar surface area (TPSA) is 26.3 Å². The number of benzene rings is 1. The predicted octanol–water partition coefficient (Wildman–Crippen LogP) is 2.99. The molecule has 14 heavy (non-hydrogen) atoms. The lowest BCUT2D eigenvalue weighted by Crippen LogP contribution is -2.00.